The summed E-state index contributed by atoms with van der Waals surface area (Å²) in [6.45, 7) is 2.32. The Balaban J connectivity index is 1.54. The Hall–Kier alpha value is -3.22. The van der Waals surface area contributed by atoms with Gasteiger partial charge in [-0.25, -0.2) is 13.1 Å². The monoisotopic (exact) mass is 420 g/mol. The predicted octanol–water partition coefficient (Wildman–Crippen LogP) is 4.17. The van der Waals surface area contributed by atoms with Gasteiger partial charge in [-0.3, -0.25) is 4.79 Å². The van der Waals surface area contributed by atoms with Crippen LogP contribution in [0.3, 0.4) is 0 Å². The average molecular weight is 421 g/mol. The van der Waals surface area contributed by atoms with Gasteiger partial charge in [0.25, 0.3) is 0 Å². The molecule has 0 radical (unpaired) electrons. The van der Waals surface area contributed by atoms with Gasteiger partial charge in [0, 0.05) is 18.3 Å². The fourth-order valence-corrected chi connectivity index (χ4v) is 3.84. The molecular weight excluding hydrogens is 396 g/mol. The highest BCUT2D eigenvalue weighted by Gasteiger charge is 2.13. The molecule has 0 saturated heterocycles. The zero-order valence-corrected chi connectivity index (χ0v) is 17.5. The standard InChI is InChI=1S/C24H24N2O3S/c1-19-7-9-21(10-8-19)11-16-24(27)26-22-12-14-23(15-13-22)30(28,29)25-18-17-20-5-3-2-4-6-20/h2-16,25H,17-18H2,1H3,(H,26,27)/b16-11+. The number of amides is 1. The Labute approximate surface area is 177 Å². The number of benzene rings is 3. The second-order valence-corrected chi connectivity index (χ2v) is 8.66. The molecule has 0 aromatic heterocycles. The summed E-state index contributed by atoms with van der Waals surface area (Å²) in [5.74, 6) is -0.285. The first-order valence-corrected chi connectivity index (χ1v) is 11.1. The molecule has 2 N–H and O–H groups in total. The van der Waals surface area contributed by atoms with Crippen LogP contribution in [0.1, 0.15) is 16.7 Å². The van der Waals surface area contributed by atoms with Gasteiger partial charge in [-0.05, 0) is 54.8 Å². The molecule has 0 heterocycles. The van der Waals surface area contributed by atoms with Crippen molar-refractivity contribution in [3.05, 3.63) is 102 Å². The number of hydrogen-bond donors (Lipinski definition) is 2. The van der Waals surface area contributed by atoms with Crippen LogP contribution in [0.25, 0.3) is 6.08 Å². The average Bonchev–Trinajstić information content (AvgIpc) is 2.74. The smallest absolute Gasteiger partial charge is 0.248 e. The van der Waals surface area contributed by atoms with Crippen LogP contribution in [0.2, 0.25) is 0 Å². The zero-order valence-electron chi connectivity index (χ0n) is 16.7. The van der Waals surface area contributed by atoms with Crippen molar-refractivity contribution in [3.63, 3.8) is 0 Å². The molecule has 0 aliphatic rings. The molecule has 6 heteroatoms. The van der Waals surface area contributed by atoms with Gasteiger partial charge in [0.1, 0.15) is 0 Å². The van der Waals surface area contributed by atoms with Crippen molar-refractivity contribution >= 4 is 27.7 Å². The van der Waals surface area contributed by atoms with E-state index in [-0.39, 0.29) is 10.8 Å². The molecule has 30 heavy (non-hydrogen) atoms. The second kappa shape index (κ2) is 10.0. The largest absolute Gasteiger partial charge is 0.323 e. The maximum Gasteiger partial charge on any atom is 0.248 e. The van der Waals surface area contributed by atoms with Crippen molar-refractivity contribution < 1.29 is 13.2 Å². The summed E-state index contributed by atoms with van der Waals surface area (Å²) in [4.78, 5) is 12.2. The number of sulfonamides is 1. The van der Waals surface area contributed by atoms with E-state index in [2.05, 4.69) is 10.0 Å². The third-order valence-corrected chi connectivity index (χ3v) is 5.96. The quantitative estimate of drug-likeness (QED) is 0.537. The van der Waals surface area contributed by atoms with Crippen molar-refractivity contribution in [1.29, 1.82) is 0 Å². The summed E-state index contributed by atoms with van der Waals surface area (Å²) in [6.07, 6.45) is 3.78. The van der Waals surface area contributed by atoms with E-state index in [1.54, 1.807) is 18.2 Å². The van der Waals surface area contributed by atoms with Crippen molar-refractivity contribution in [2.75, 3.05) is 11.9 Å². The lowest BCUT2D eigenvalue weighted by Gasteiger charge is -2.08. The maximum absolute atomic E-state index is 12.4. The predicted molar refractivity (Wildman–Crippen MR) is 121 cm³/mol. The molecule has 0 saturated carbocycles. The van der Waals surface area contributed by atoms with Gasteiger partial charge >= 0.3 is 0 Å². The van der Waals surface area contributed by atoms with Gasteiger partial charge in [0.05, 0.1) is 4.90 Å². The maximum atomic E-state index is 12.4. The van der Waals surface area contributed by atoms with Crippen LogP contribution in [-0.2, 0) is 21.2 Å². The van der Waals surface area contributed by atoms with Gasteiger partial charge in [-0.2, -0.15) is 0 Å². The van der Waals surface area contributed by atoms with E-state index in [0.29, 0.717) is 18.7 Å². The first kappa shape index (κ1) is 21.5. The van der Waals surface area contributed by atoms with E-state index >= 15 is 0 Å². The highest BCUT2D eigenvalue weighted by atomic mass is 32.2. The van der Waals surface area contributed by atoms with E-state index < -0.39 is 10.0 Å². The van der Waals surface area contributed by atoms with Gasteiger partial charge in [-0.1, -0.05) is 60.2 Å². The van der Waals surface area contributed by atoms with E-state index in [9.17, 15) is 13.2 Å². The molecule has 0 spiro atoms. The molecule has 154 valence electrons. The lowest BCUT2D eigenvalue weighted by atomic mass is 10.1. The van der Waals surface area contributed by atoms with E-state index in [4.69, 9.17) is 0 Å². The molecule has 0 bridgehead atoms. The van der Waals surface area contributed by atoms with Gasteiger partial charge in [0.2, 0.25) is 15.9 Å². The molecule has 5 nitrogen and oxygen atoms in total. The first-order chi connectivity index (χ1) is 14.4. The lowest BCUT2D eigenvalue weighted by molar-refractivity contribution is -0.111. The molecule has 3 aromatic rings. The molecule has 1 amide bonds. The van der Waals surface area contributed by atoms with Crippen LogP contribution in [0.4, 0.5) is 5.69 Å². The minimum atomic E-state index is -3.60. The third kappa shape index (κ3) is 6.40. The number of anilines is 1. The van der Waals surface area contributed by atoms with E-state index in [0.717, 1.165) is 16.7 Å². The lowest BCUT2D eigenvalue weighted by Crippen LogP contribution is -2.26. The van der Waals surface area contributed by atoms with Crippen molar-refractivity contribution in [2.24, 2.45) is 0 Å². The molecule has 0 aliphatic heterocycles. The summed E-state index contributed by atoms with van der Waals surface area (Å²) in [7, 11) is -3.60. The summed E-state index contributed by atoms with van der Waals surface area (Å²) in [5.41, 5.74) is 3.67. The van der Waals surface area contributed by atoms with Crippen molar-refractivity contribution in [1.82, 2.24) is 4.72 Å². The topological polar surface area (TPSA) is 75.3 Å². The Kier molecular flexibility index (Phi) is 7.17. The number of carbonyl (C=O) groups is 1. The van der Waals surface area contributed by atoms with Crippen LogP contribution < -0.4 is 10.0 Å². The minimum absolute atomic E-state index is 0.156. The summed E-state index contributed by atoms with van der Waals surface area (Å²) >= 11 is 0. The number of carbonyl (C=O) groups excluding carboxylic acids is 1. The molecular formula is C24H24N2O3S. The fourth-order valence-electron chi connectivity index (χ4n) is 2.81. The van der Waals surface area contributed by atoms with E-state index in [1.807, 2.05) is 61.5 Å². The number of aryl methyl sites for hydroxylation is 1. The Morgan fingerprint density at radius 1 is 0.900 bits per heavy atom. The highest BCUT2D eigenvalue weighted by molar-refractivity contribution is 7.89. The van der Waals surface area contributed by atoms with Crippen LogP contribution in [-0.4, -0.2) is 20.9 Å². The van der Waals surface area contributed by atoms with Crippen LogP contribution in [0.15, 0.2) is 89.8 Å². The summed E-state index contributed by atoms with van der Waals surface area (Å²) in [6, 6.07) is 23.6. The fraction of sp³-hybridized carbons (Fsp3) is 0.125. The van der Waals surface area contributed by atoms with E-state index in [1.165, 1.54) is 18.2 Å². The van der Waals surface area contributed by atoms with Gasteiger partial charge in [0.15, 0.2) is 0 Å². The molecule has 0 aliphatic carbocycles. The van der Waals surface area contributed by atoms with Crippen LogP contribution in [0.5, 0.6) is 0 Å². The summed E-state index contributed by atoms with van der Waals surface area (Å²) < 4.78 is 27.5. The molecule has 3 aromatic carbocycles. The number of nitrogens with one attached hydrogen (secondary N) is 2. The van der Waals surface area contributed by atoms with Crippen molar-refractivity contribution in [3.8, 4) is 0 Å². The first-order valence-electron chi connectivity index (χ1n) is 9.62. The van der Waals surface area contributed by atoms with Crippen molar-refractivity contribution in [2.45, 2.75) is 18.2 Å². The Bertz CT molecular complexity index is 1110. The normalized spacial score (nSPS) is 11.5. The molecule has 3 rings (SSSR count). The van der Waals surface area contributed by atoms with Crippen LogP contribution >= 0.6 is 0 Å². The highest BCUT2D eigenvalue weighted by Crippen LogP contribution is 2.14. The van der Waals surface area contributed by atoms with Gasteiger partial charge < -0.3 is 5.32 Å². The Morgan fingerprint density at radius 2 is 1.57 bits per heavy atom. The van der Waals surface area contributed by atoms with Crippen LogP contribution in [0, 0.1) is 6.92 Å². The summed E-state index contributed by atoms with van der Waals surface area (Å²) in [5, 5.41) is 2.73. The molecule has 0 fully saturated rings. The molecule has 0 unspecified atom stereocenters. The second-order valence-electron chi connectivity index (χ2n) is 6.89. The third-order valence-electron chi connectivity index (χ3n) is 4.49. The Morgan fingerprint density at radius 3 is 2.23 bits per heavy atom. The SMILES string of the molecule is Cc1ccc(/C=C/C(=O)Nc2ccc(S(=O)(=O)NCCc3ccccc3)cc2)cc1. The minimum Gasteiger partial charge on any atom is -0.323 e. The van der Waals surface area contributed by atoms with Gasteiger partial charge in [-0.15, -0.1) is 0 Å². The number of rotatable bonds is 8. The molecule has 0 atom stereocenters. The number of hydrogen-bond acceptors (Lipinski definition) is 3. The zero-order chi connectivity index (χ0) is 21.4.